The predicted molar refractivity (Wildman–Crippen MR) is 59.1 cm³/mol. The van der Waals surface area contributed by atoms with E-state index in [4.69, 9.17) is 0 Å². The van der Waals surface area contributed by atoms with E-state index >= 15 is 0 Å². The molecule has 0 radical (unpaired) electrons. The molecule has 0 saturated carbocycles. The molecule has 1 aliphatic rings. The maximum Gasteiger partial charge on any atom is 0.325 e. The Kier molecular flexibility index (Phi) is 3.56. The molecule has 0 amide bonds. The van der Waals surface area contributed by atoms with Crippen molar-refractivity contribution in [3.63, 3.8) is 0 Å². The Labute approximate surface area is 94.8 Å². The van der Waals surface area contributed by atoms with Crippen molar-refractivity contribution in [3.8, 4) is 0 Å². The molecule has 0 spiro atoms. The van der Waals surface area contributed by atoms with Gasteiger partial charge in [-0.1, -0.05) is 0 Å². The van der Waals surface area contributed by atoms with Crippen LogP contribution >= 0.6 is 0 Å². The molecule has 0 bridgehead atoms. The summed E-state index contributed by atoms with van der Waals surface area (Å²) in [6.45, 7) is 2.30. The van der Waals surface area contributed by atoms with E-state index in [1.807, 2.05) is 10.8 Å². The molecule has 5 heteroatoms. The van der Waals surface area contributed by atoms with Crippen LogP contribution in [-0.2, 0) is 16.1 Å². The second kappa shape index (κ2) is 5.12. The number of ether oxygens (including phenoxy) is 1. The van der Waals surface area contributed by atoms with E-state index in [1.165, 1.54) is 13.5 Å². The van der Waals surface area contributed by atoms with Crippen molar-refractivity contribution in [1.82, 2.24) is 14.9 Å². The maximum atomic E-state index is 11.2. The highest BCUT2D eigenvalue weighted by Gasteiger charge is 2.19. The average Bonchev–Trinajstić information content (AvgIpc) is 2.78. The SMILES string of the molecule is COC(=O)Cn1cncc1C1CCCNC1. The Hall–Kier alpha value is -1.36. The molecule has 2 heterocycles. The van der Waals surface area contributed by atoms with Gasteiger partial charge in [0.25, 0.3) is 0 Å². The first-order valence-electron chi connectivity index (χ1n) is 5.59. The third-order valence-corrected chi connectivity index (χ3v) is 2.99. The van der Waals surface area contributed by atoms with Crippen molar-refractivity contribution in [2.75, 3.05) is 20.2 Å². The van der Waals surface area contributed by atoms with Crippen molar-refractivity contribution in [2.45, 2.75) is 25.3 Å². The fraction of sp³-hybridized carbons (Fsp3) is 0.636. The number of esters is 1. The fourth-order valence-electron chi connectivity index (χ4n) is 2.11. The molecule has 16 heavy (non-hydrogen) atoms. The second-order valence-corrected chi connectivity index (χ2v) is 4.07. The molecule has 1 aromatic heterocycles. The molecule has 1 unspecified atom stereocenters. The van der Waals surface area contributed by atoms with E-state index in [2.05, 4.69) is 15.0 Å². The van der Waals surface area contributed by atoms with Crippen molar-refractivity contribution in [3.05, 3.63) is 18.2 Å². The van der Waals surface area contributed by atoms with Gasteiger partial charge in [0, 0.05) is 24.4 Å². The van der Waals surface area contributed by atoms with Crippen molar-refractivity contribution < 1.29 is 9.53 Å². The lowest BCUT2D eigenvalue weighted by atomic mass is 9.96. The normalized spacial score (nSPS) is 20.7. The quantitative estimate of drug-likeness (QED) is 0.759. The van der Waals surface area contributed by atoms with Gasteiger partial charge in [-0.2, -0.15) is 0 Å². The monoisotopic (exact) mass is 223 g/mol. The molecule has 1 atom stereocenters. The van der Waals surface area contributed by atoms with Crippen LogP contribution in [0.5, 0.6) is 0 Å². The van der Waals surface area contributed by atoms with Crippen molar-refractivity contribution in [2.24, 2.45) is 0 Å². The third-order valence-electron chi connectivity index (χ3n) is 2.99. The van der Waals surface area contributed by atoms with Crippen LogP contribution in [0, 0.1) is 0 Å². The van der Waals surface area contributed by atoms with Crippen LogP contribution in [0.3, 0.4) is 0 Å². The largest absolute Gasteiger partial charge is 0.468 e. The van der Waals surface area contributed by atoms with Crippen LogP contribution in [0.4, 0.5) is 0 Å². The van der Waals surface area contributed by atoms with Gasteiger partial charge in [0.1, 0.15) is 6.54 Å². The third kappa shape index (κ3) is 2.41. The smallest absolute Gasteiger partial charge is 0.325 e. The van der Waals surface area contributed by atoms with Crippen LogP contribution in [0.2, 0.25) is 0 Å². The van der Waals surface area contributed by atoms with E-state index in [9.17, 15) is 4.79 Å². The van der Waals surface area contributed by atoms with Gasteiger partial charge in [0.15, 0.2) is 0 Å². The van der Waals surface area contributed by atoms with Crippen molar-refractivity contribution >= 4 is 5.97 Å². The minimum Gasteiger partial charge on any atom is -0.468 e. The summed E-state index contributed by atoms with van der Waals surface area (Å²) in [5.41, 5.74) is 1.12. The predicted octanol–water partition coefficient (Wildman–Crippen LogP) is 0.523. The van der Waals surface area contributed by atoms with Gasteiger partial charge in [-0.05, 0) is 19.4 Å². The maximum absolute atomic E-state index is 11.2. The van der Waals surface area contributed by atoms with Crippen LogP contribution in [0.1, 0.15) is 24.5 Å². The van der Waals surface area contributed by atoms with Crippen LogP contribution in [0.25, 0.3) is 0 Å². The van der Waals surface area contributed by atoms with Crippen LogP contribution in [-0.4, -0.2) is 35.7 Å². The van der Waals surface area contributed by atoms with Gasteiger partial charge in [-0.3, -0.25) is 4.79 Å². The van der Waals surface area contributed by atoms with Crippen LogP contribution < -0.4 is 5.32 Å². The number of nitrogens with zero attached hydrogens (tertiary/aromatic N) is 2. The second-order valence-electron chi connectivity index (χ2n) is 4.07. The summed E-state index contributed by atoms with van der Waals surface area (Å²) in [5, 5.41) is 3.36. The van der Waals surface area contributed by atoms with E-state index < -0.39 is 0 Å². The Bertz CT molecular complexity index is 356. The summed E-state index contributed by atoms with van der Waals surface area (Å²) >= 11 is 0. The Morgan fingerprint density at radius 1 is 1.75 bits per heavy atom. The summed E-state index contributed by atoms with van der Waals surface area (Å²) in [7, 11) is 1.40. The summed E-state index contributed by atoms with van der Waals surface area (Å²) in [6.07, 6.45) is 5.87. The zero-order valence-electron chi connectivity index (χ0n) is 9.48. The standard InChI is InChI=1S/C11H17N3O2/c1-16-11(15)7-14-8-13-6-10(14)9-3-2-4-12-5-9/h6,8-9,12H,2-5,7H2,1H3. The zero-order chi connectivity index (χ0) is 11.4. The molecule has 1 aliphatic heterocycles. The summed E-state index contributed by atoms with van der Waals surface area (Å²) in [6, 6.07) is 0. The van der Waals surface area contributed by atoms with Crippen molar-refractivity contribution in [1.29, 1.82) is 0 Å². The van der Waals surface area contributed by atoms with Gasteiger partial charge < -0.3 is 14.6 Å². The Balaban J connectivity index is 2.08. The molecule has 1 aromatic rings. The molecule has 5 nitrogen and oxygen atoms in total. The molecule has 1 N–H and O–H groups in total. The molecule has 1 saturated heterocycles. The first kappa shape index (κ1) is 11.1. The lowest BCUT2D eigenvalue weighted by Crippen LogP contribution is -2.30. The molecular formula is C11H17N3O2. The number of aromatic nitrogens is 2. The number of methoxy groups -OCH3 is 1. The van der Waals surface area contributed by atoms with Crippen LogP contribution in [0.15, 0.2) is 12.5 Å². The number of rotatable bonds is 3. The van der Waals surface area contributed by atoms with Gasteiger partial charge in [0.05, 0.1) is 13.4 Å². The lowest BCUT2D eigenvalue weighted by Gasteiger charge is -2.23. The van der Waals surface area contributed by atoms with Gasteiger partial charge >= 0.3 is 5.97 Å². The highest BCUT2D eigenvalue weighted by Crippen LogP contribution is 2.22. The Morgan fingerprint density at radius 3 is 3.31 bits per heavy atom. The van der Waals surface area contributed by atoms with E-state index in [1.54, 1.807) is 6.33 Å². The summed E-state index contributed by atoms with van der Waals surface area (Å²) < 4.78 is 6.54. The van der Waals surface area contributed by atoms with E-state index in [0.29, 0.717) is 5.92 Å². The topological polar surface area (TPSA) is 56.2 Å². The van der Waals surface area contributed by atoms with E-state index in [0.717, 1.165) is 25.2 Å². The zero-order valence-corrected chi connectivity index (χ0v) is 9.48. The lowest BCUT2D eigenvalue weighted by molar-refractivity contribution is -0.141. The van der Waals surface area contributed by atoms with Gasteiger partial charge in [-0.15, -0.1) is 0 Å². The molecule has 0 aromatic carbocycles. The van der Waals surface area contributed by atoms with E-state index in [-0.39, 0.29) is 12.5 Å². The minimum atomic E-state index is -0.233. The molecule has 0 aliphatic carbocycles. The number of hydrogen-bond donors (Lipinski definition) is 1. The highest BCUT2D eigenvalue weighted by atomic mass is 16.5. The summed E-state index contributed by atoms with van der Waals surface area (Å²) in [4.78, 5) is 15.3. The van der Waals surface area contributed by atoms with Gasteiger partial charge in [0.2, 0.25) is 0 Å². The highest BCUT2D eigenvalue weighted by molar-refractivity contribution is 5.69. The number of nitrogens with one attached hydrogen (secondary N) is 1. The number of imidazole rings is 1. The first-order valence-corrected chi connectivity index (χ1v) is 5.59. The number of carbonyl (C=O) groups excluding carboxylic acids is 1. The van der Waals surface area contributed by atoms with Gasteiger partial charge in [-0.25, -0.2) is 4.98 Å². The Morgan fingerprint density at radius 2 is 2.62 bits per heavy atom. The minimum absolute atomic E-state index is 0.233. The fourth-order valence-corrected chi connectivity index (χ4v) is 2.11. The number of piperidine rings is 1. The molecular weight excluding hydrogens is 206 g/mol. The molecule has 1 fully saturated rings. The first-order chi connectivity index (χ1) is 7.81. The number of hydrogen-bond acceptors (Lipinski definition) is 4. The number of carbonyl (C=O) groups is 1. The molecule has 2 rings (SSSR count). The summed E-state index contributed by atoms with van der Waals surface area (Å²) in [5.74, 6) is 0.226. The molecule has 88 valence electrons. The average molecular weight is 223 g/mol.